The maximum Gasteiger partial charge on any atom is 0.408 e. The lowest BCUT2D eigenvalue weighted by atomic mass is 10.00. The quantitative estimate of drug-likeness (QED) is 0.328. The van der Waals surface area contributed by atoms with E-state index in [2.05, 4.69) is 16.0 Å². The second kappa shape index (κ2) is 12.1. The number of hydrogen-bond acceptors (Lipinski definition) is 8. The third-order valence-electron chi connectivity index (χ3n) is 4.36. The number of carbonyl (C=O) groups excluding carboxylic acids is 4. The van der Waals surface area contributed by atoms with E-state index in [9.17, 15) is 29.4 Å². The molecule has 3 amide bonds. The number of carbonyl (C=O) groups is 4. The van der Waals surface area contributed by atoms with Gasteiger partial charge in [-0.05, 0) is 39.0 Å². The molecular formula is C22H36N4O8. The smallest absolute Gasteiger partial charge is 0.408 e. The highest BCUT2D eigenvalue weighted by Crippen LogP contribution is 2.18. The Bertz CT molecular complexity index is 853. The molecule has 0 aliphatic carbocycles. The lowest BCUT2D eigenvalue weighted by molar-refractivity contribution is -0.145. The van der Waals surface area contributed by atoms with E-state index in [0.717, 1.165) is 12.1 Å². The molecule has 0 aliphatic heterocycles. The molecule has 5 N–H and O–H groups in total. The molecule has 0 spiro atoms. The number of alkyl carbamates (subject to hydrolysis) is 1. The third kappa shape index (κ3) is 9.59. The predicted molar refractivity (Wildman–Crippen MR) is 122 cm³/mol. The standard InChI is InChI=1S/C22H36N4O8/c1-12(2)10-14(19(30)23-11-17(29)34-26-15(27)8-9-16(26)28)24-20(31)18(13(3)4)25-21(32)33-22(5,6)7/h8-9,12-14,18,27-28H,10-11H2,1-7H3,(H,23,30)(H,24,31)(H,25,32)/t14-,18-/m0/s1. The van der Waals surface area contributed by atoms with Gasteiger partial charge in [0.1, 0.15) is 24.2 Å². The Morgan fingerprint density at radius 1 is 0.971 bits per heavy atom. The average molecular weight is 485 g/mol. The second-order valence-electron chi connectivity index (χ2n) is 9.58. The number of aromatic hydroxyl groups is 2. The van der Waals surface area contributed by atoms with Gasteiger partial charge in [-0.1, -0.05) is 27.7 Å². The highest BCUT2D eigenvalue weighted by molar-refractivity contribution is 5.92. The molecule has 0 aliphatic rings. The van der Waals surface area contributed by atoms with Crippen molar-refractivity contribution < 1.29 is 39.0 Å². The highest BCUT2D eigenvalue weighted by atomic mass is 16.7. The first-order valence-electron chi connectivity index (χ1n) is 11.0. The minimum Gasteiger partial charge on any atom is -0.492 e. The summed E-state index contributed by atoms with van der Waals surface area (Å²) in [5.41, 5.74) is -0.745. The average Bonchev–Trinajstić information content (AvgIpc) is 2.99. The van der Waals surface area contributed by atoms with Gasteiger partial charge in [0.2, 0.25) is 23.6 Å². The van der Waals surface area contributed by atoms with E-state index < -0.39 is 59.9 Å². The summed E-state index contributed by atoms with van der Waals surface area (Å²) in [6.45, 7) is 11.7. The van der Waals surface area contributed by atoms with Crippen molar-refractivity contribution in [2.75, 3.05) is 6.54 Å². The largest absolute Gasteiger partial charge is 0.492 e. The molecular weight excluding hydrogens is 448 g/mol. The van der Waals surface area contributed by atoms with Crippen molar-refractivity contribution in [3.8, 4) is 11.8 Å². The van der Waals surface area contributed by atoms with E-state index in [0.29, 0.717) is 4.73 Å². The van der Waals surface area contributed by atoms with Crippen LogP contribution in [-0.4, -0.2) is 63.0 Å². The van der Waals surface area contributed by atoms with Gasteiger partial charge in [-0.15, -0.1) is 4.73 Å². The fourth-order valence-electron chi connectivity index (χ4n) is 2.85. The van der Waals surface area contributed by atoms with Crippen molar-refractivity contribution >= 4 is 23.9 Å². The Balaban J connectivity index is 2.80. The van der Waals surface area contributed by atoms with Crippen molar-refractivity contribution in [1.29, 1.82) is 0 Å². The summed E-state index contributed by atoms with van der Waals surface area (Å²) in [6.07, 6.45) is -0.492. The van der Waals surface area contributed by atoms with E-state index in [1.165, 1.54) is 0 Å². The first-order valence-corrected chi connectivity index (χ1v) is 11.0. The molecule has 2 atom stereocenters. The molecule has 1 aromatic heterocycles. The minimum absolute atomic E-state index is 0.0214. The summed E-state index contributed by atoms with van der Waals surface area (Å²) in [5.74, 6) is -3.46. The maximum absolute atomic E-state index is 12.9. The number of nitrogens with zero attached hydrogens (tertiary/aromatic N) is 1. The summed E-state index contributed by atoms with van der Waals surface area (Å²) in [5, 5.41) is 26.6. The van der Waals surface area contributed by atoms with Gasteiger partial charge in [0.05, 0.1) is 0 Å². The molecule has 0 aromatic carbocycles. The number of nitrogens with one attached hydrogen (secondary N) is 3. The van der Waals surface area contributed by atoms with Crippen molar-refractivity contribution in [2.45, 2.75) is 72.6 Å². The van der Waals surface area contributed by atoms with E-state index in [1.54, 1.807) is 34.6 Å². The Hall–Kier alpha value is -3.44. The summed E-state index contributed by atoms with van der Waals surface area (Å²) in [7, 11) is 0. The second-order valence-corrected chi connectivity index (χ2v) is 9.58. The number of hydrogen-bond donors (Lipinski definition) is 5. The fourth-order valence-corrected chi connectivity index (χ4v) is 2.85. The van der Waals surface area contributed by atoms with Crippen molar-refractivity contribution in [2.24, 2.45) is 11.8 Å². The highest BCUT2D eigenvalue weighted by Gasteiger charge is 2.31. The first kappa shape index (κ1) is 28.6. The van der Waals surface area contributed by atoms with E-state index in [-0.39, 0.29) is 18.3 Å². The number of aromatic nitrogens is 1. The topological polar surface area (TPSA) is 168 Å². The Labute approximate surface area is 198 Å². The maximum atomic E-state index is 12.9. The number of amides is 3. The molecule has 0 saturated carbocycles. The molecule has 192 valence electrons. The van der Waals surface area contributed by atoms with Crippen LogP contribution in [0.2, 0.25) is 0 Å². The van der Waals surface area contributed by atoms with Gasteiger partial charge in [0, 0.05) is 12.1 Å². The van der Waals surface area contributed by atoms with Crippen LogP contribution < -0.4 is 20.8 Å². The molecule has 0 fully saturated rings. The van der Waals surface area contributed by atoms with Crippen LogP contribution >= 0.6 is 0 Å². The molecule has 0 unspecified atom stereocenters. The van der Waals surface area contributed by atoms with Gasteiger partial charge < -0.3 is 35.7 Å². The Morgan fingerprint density at radius 2 is 1.53 bits per heavy atom. The van der Waals surface area contributed by atoms with Crippen LogP contribution in [0.4, 0.5) is 4.79 Å². The van der Waals surface area contributed by atoms with Crippen molar-refractivity contribution in [1.82, 2.24) is 20.7 Å². The molecule has 0 bridgehead atoms. The predicted octanol–water partition coefficient (Wildman–Crippen LogP) is 1.05. The molecule has 1 rings (SSSR count). The fraction of sp³-hybridized carbons (Fsp3) is 0.636. The van der Waals surface area contributed by atoms with Crippen molar-refractivity contribution in [3.05, 3.63) is 12.1 Å². The van der Waals surface area contributed by atoms with Crippen molar-refractivity contribution in [3.63, 3.8) is 0 Å². The summed E-state index contributed by atoms with van der Waals surface area (Å²) in [4.78, 5) is 54.5. The zero-order valence-corrected chi connectivity index (χ0v) is 20.7. The third-order valence-corrected chi connectivity index (χ3v) is 4.36. The van der Waals surface area contributed by atoms with Crippen LogP contribution in [0.5, 0.6) is 11.8 Å². The molecule has 12 heteroatoms. The van der Waals surface area contributed by atoms with Crippen LogP contribution in [0.3, 0.4) is 0 Å². The van der Waals surface area contributed by atoms with Gasteiger partial charge in [0.15, 0.2) is 0 Å². The van der Waals surface area contributed by atoms with Crippen LogP contribution in [0, 0.1) is 11.8 Å². The summed E-state index contributed by atoms with van der Waals surface area (Å²) >= 11 is 0. The number of ether oxygens (including phenoxy) is 1. The lowest BCUT2D eigenvalue weighted by Crippen LogP contribution is -2.56. The molecule has 0 saturated heterocycles. The number of rotatable bonds is 10. The SMILES string of the molecule is CC(C)C[C@H](NC(=O)[C@@H](NC(=O)OC(C)(C)C)C(C)C)C(=O)NCC(=O)On1c(O)ccc1O. The summed E-state index contributed by atoms with van der Waals surface area (Å²) in [6, 6.07) is 0.287. The first-order chi connectivity index (χ1) is 15.6. The molecule has 1 aromatic rings. The monoisotopic (exact) mass is 484 g/mol. The van der Waals surface area contributed by atoms with Gasteiger partial charge in [0.25, 0.3) is 0 Å². The molecule has 34 heavy (non-hydrogen) atoms. The lowest BCUT2D eigenvalue weighted by Gasteiger charge is -2.27. The van der Waals surface area contributed by atoms with Crippen LogP contribution in [-0.2, 0) is 19.1 Å². The zero-order valence-electron chi connectivity index (χ0n) is 20.7. The molecule has 1 heterocycles. The van der Waals surface area contributed by atoms with Gasteiger partial charge in [-0.2, -0.15) is 0 Å². The Morgan fingerprint density at radius 3 is 2.00 bits per heavy atom. The van der Waals surface area contributed by atoms with Gasteiger partial charge >= 0.3 is 12.1 Å². The normalized spacial score (nSPS) is 13.2. The van der Waals surface area contributed by atoms with E-state index >= 15 is 0 Å². The zero-order chi connectivity index (χ0) is 26.2. The minimum atomic E-state index is -0.990. The van der Waals surface area contributed by atoms with Crippen LogP contribution in [0.1, 0.15) is 54.9 Å². The van der Waals surface area contributed by atoms with Crippen LogP contribution in [0.15, 0.2) is 12.1 Å². The summed E-state index contributed by atoms with van der Waals surface area (Å²) < 4.78 is 5.71. The van der Waals surface area contributed by atoms with Gasteiger partial charge in [-0.25, -0.2) is 9.59 Å². The van der Waals surface area contributed by atoms with E-state index in [4.69, 9.17) is 9.57 Å². The molecule has 0 radical (unpaired) electrons. The van der Waals surface area contributed by atoms with Crippen LogP contribution in [0.25, 0.3) is 0 Å². The van der Waals surface area contributed by atoms with E-state index in [1.807, 2.05) is 13.8 Å². The van der Waals surface area contributed by atoms with Gasteiger partial charge in [-0.3, -0.25) is 9.59 Å². The Kier molecular flexibility index (Phi) is 10.2. The molecule has 12 nitrogen and oxygen atoms in total.